The molecule has 8 bridgehead atoms. The Labute approximate surface area is 264 Å². The molecule has 0 aliphatic carbocycles. The first kappa shape index (κ1) is 32.3. The van der Waals surface area contributed by atoms with Crippen LogP contribution in [0.15, 0.2) is 24.3 Å². The number of aromatic amines is 2. The average molecular weight is 597 g/mol. The highest BCUT2D eigenvalue weighted by atomic mass is 35.6. The number of allylic oxidation sites excluding steroid dienone is 4. The number of fused-ring (bicyclic) bond motifs is 8. The van der Waals surface area contributed by atoms with Crippen molar-refractivity contribution in [2.45, 2.75) is 107 Å². The molecule has 220 valence electrons. The summed E-state index contributed by atoms with van der Waals surface area (Å²) in [5, 5.41) is 0. The number of hydrogen-bond acceptors (Lipinski definition) is 2. The molecule has 3 aromatic rings. The van der Waals surface area contributed by atoms with Gasteiger partial charge >= 0.3 is 0 Å². The predicted octanol–water partition coefficient (Wildman–Crippen LogP) is 10.3. The van der Waals surface area contributed by atoms with Crippen LogP contribution in [-0.2, 0) is 25.7 Å². The van der Waals surface area contributed by atoms with Gasteiger partial charge in [-0.3, -0.25) is 10.0 Å². The zero-order valence-electron chi connectivity index (χ0n) is 26.8. The van der Waals surface area contributed by atoms with E-state index in [1.807, 2.05) is 15.4 Å². The highest BCUT2D eigenvalue weighted by Gasteiger charge is 2.21. The minimum Gasteiger partial charge on any atom is -0.355 e. The molecule has 4 nitrogen and oxygen atoms in total. The van der Waals surface area contributed by atoms with Crippen LogP contribution in [0.1, 0.15) is 126 Å². The Morgan fingerprint density at radius 1 is 0.429 bits per heavy atom. The Hall–Kier alpha value is -2.58. The maximum Gasteiger partial charge on any atom is 0.293 e. The molecule has 2 aliphatic heterocycles. The van der Waals surface area contributed by atoms with Gasteiger partial charge in [-0.05, 0) is 120 Å². The van der Waals surface area contributed by atoms with Gasteiger partial charge in [-0.25, -0.2) is 9.97 Å². The van der Waals surface area contributed by atoms with E-state index in [1.165, 1.54) is 66.6 Å². The second-order valence-electron chi connectivity index (χ2n) is 10.9. The number of hydrogen-bond donors (Lipinski definition) is 2. The molecule has 0 saturated heterocycles. The summed E-state index contributed by atoms with van der Waals surface area (Å²) in [5.41, 5.74) is 20.2. The standard InChI is InChI=1S/C36H46N4.Al.ClH/c1-9-21-22(10-2)30-18-32-25(13-5)26(14-6)34(39-32)20-36-28(16-8)27(15-7)35(40-36)19-33-24(12-4)23(11-3)31(38-33)17-29(21)37-30;;/h17-20,37,40H,9-16H2,1-8H3;;1H/q;+1;/p-1. The third-order valence-corrected chi connectivity index (χ3v) is 8.97. The molecule has 0 fully saturated rings. The molecular weight excluding hydrogens is 551 g/mol. The SMILES string of the molecule is CCC1=C(CC)c2cc3[nH]c(cc4nc(cc5[nH]c(cc1n2)c(CC)c5CC)C(CC)=C4CC)c(CC)c3CC.[Al][Cl]. The van der Waals surface area contributed by atoms with Crippen LogP contribution in [-0.4, -0.2) is 35.3 Å². The highest BCUT2D eigenvalue weighted by Crippen LogP contribution is 2.38. The number of aromatic nitrogens is 4. The number of nitrogens with one attached hydrogen (secondary N) is 2. The number of aryl methyl sites for hydroxylation is 4. The van der Waals surface area contributed by atoms with Gasteiger partial charge < -0.3 is 9.97 Å². The molecule has 0 unspecified atom stereocenters. The monoisotopic (exact) mass is 596 g/mol. The lowest BCUT2D eigenvalue weighted by atomic mass is 9.98. The first-order valence-electron chi connectivity index (χ1n) is 15.9. The second kappa shape index (κ2) is 14.3. The first-order chi connectivity index (χ1) is 20.5. The zero-order valence-corrected chi connectivity index (χ0v) is 28.7. The maximum atomic E-state index is 5.29. The molecule has 0 spiro atoms. The molecule has 6 heteroatoms. The van der Waals surface area contributed by atoms with Crippen molar-refractivity contribution in [1.82, 2.24) is 19.9 Å². The fourth-order valence-corrected chi connectivity index (χ4v) is 7.10. The molecule has 5 rings (SSSR count). The fraction of sp³-hybridized carbons (Fsp3) is 0.444. The smallest absolute Gasteiger partial charge is 0.293 e. The van der Waals surface area contributed by atoms with Gasteiger partial charge in [-0.2, -0.15) is 0 Å². The molecule has 0 saturated carbocycles. The third-order valence-electron chi connectivity index (χ3n) is 8.97. The summed E-state index contributed by atoms with van der Waals surface area (Å²) in [6.07, 6.45) is 7.84. The van der Waals surface area contributed by atoms with Crippen molar-refractivity contribution in [1.29, 1.82) is 0 Å². The molecule has 5 heterocycles. The van der Waals surface area contributed by atoms with Crippen molar-refractivity contribution >= 4 is 69.8 Å². The summed E-state index contributed by atoms with van der Waals surface area (Å²) in [7, 11) is 4.56. The van der Waals surface area contributed by atoms with Crippen LogP contribution in [0.3, 0.4) is 0 Å². The molecule has 3 aromatic heterocycles. The van der Waals surface area contributed by atoms with Crippen LogP contribution in [0.2, 0.25) is 0 Å². The van der Waals surface area contributed by atoms with E-state index in [9.17, 15) is 0 Å². The topological polar surface area (TPSA) is 57.4 Å². The third kappa shape index (κ3) is 5.69. The average Bonchev–Trinajstić information content (AvgIpc) is 3.73. The van der Waals surface area contributed by atoms with E-state index < -0.39 is 0 Å². The lowest BCUT2D eigenvalue weighted by Gasteiger charge is -2.03. The summed E-state index contributed by atoms with van der Waals surface area (Å²) in [4.78, 5) is 18.2. The minimum atomic E-state index is 0.974. The van der Waals surface area contributed by atoms with E-state index >= 15 is 0 Å². The van der Waals surface area contributed by atoms with Crippen molar-refractivity contribution < 1.29 is 0 Å². The zero-order chi connectivity index (χ0) is 30.6. The van der Waals surface area contributed by atoms with E-state index in [2.05, 4.69) is 99.7 Å². The number of nitrogens with zero attached hydrogens (tertiary/aromatic N) is 2. The number of rotatable bonds is 8. The lowest BCUT2D eigenvalue weighted by Crippen LogP contribution is -1.87. The van der Waals surface area contributed by atoms with Gasteiger partial charge in [0.15, 0.2) is 0 Å². The summed E-state index contributed by atoms with van der Waals surface area (Å²) in [5.74, 6) is 0. The lowest BCUT2D eigenvalue weighted by molar-refractivity contribution is 1.07. The summed E-state index contributed by atoms with van der Waals surface area (Å²) >= 11 is 1.89. The molecule has 0 atom stereocenters. The van der Waals surface area contributed by atoms with Crippen molar-refractivity contribution in [3.63, 3.8) is 0 Å². The fourth-order valence-electron chi connectivity index (χ4n) is 7.10. The Kier molecular flexibility index (Phi) is 11.0. The Balaban J connectivity index is 0.00000198. The maximum absolute atomic E-state index is 5.29. The highest BCUT2D eigenvalue weighted by molar-refractivity contribution is 6.80. The van der Waals surface area contributed by atoms with Gasteiger partial charge in [0.05, 0.1) is 22.8 Å². The molecule has 42 heavy (non-hydrogen) atoms. The first-order valence-corrected chi connectivity index (χ1v) is 17.7. The molecular formula is C36H46AlClN4. The van der Waals surface area contributed by atoms with Gasteiger partial charge in [-0.1, -0.05) is 55.4 Å². The molecule has 2 N–H and O–H groups in total. The number of H-pyrrole nitrogens is 2. The summed E-state index contributed by atoms with van der Waals surface area (Å²) < 4.78 is 0. The van der Waals surface area contributed by atoms with Crippen LogP contribution in [0.25, 0.3) is 44.4 Å². The molecule has 2 aliphatic rings. The van der Waals surface area contributed by atoms with Gasteiger partial charge in [0.2, 0.25) is 0 Å². The van der Waals surface area contributed by atoms with E-state index in [-0.39, 0.29) is 0 Å². The quantitative estimate of drug-likeness (QED) is 0.254. The van der Waals surface area contributed by atoms with Crippen molar-refractivity contribution in [3.8, 4) is 0 Å². The van der Waals surface area contributed by atoms with Crippen molar-refractivity contribution in [3.05, 3.63) is 69.3 Å². The van der Waals surface area contributed by atoms with E-state index in [4.69, 9.17) is 9.97 Å². The van der Waals surface area contributed by atoms with Crippen LogP contribution >= 0.6 is 10.0 Å². The predicted molar refractivity (Wildman–Crippen MR) is 185 cm³/mol. The van der Waals surface area contributed by atoms with Crippen LogP contribution in [0.5, 0.6) is 0 Å². The normalized spacial score (nSPS) is 13.1. The largest absolute Gasteiger partial charge is 0.355 e. The van der Waals surface area contributed by atoms with E-state index in [0.29, 0.717) is 0 Å². The Morgan fingerprint density at radius 2 is 0.643 bits per heavy atom. The van der Waals surface area contributed by atoms with Crippen molar-refractivity contribution in [2.24, 2.45) is 0 Å². The van der Waals surface area contributed by atoms with Crippen molar-refractivity contribution in [2.75, 3.05) is 0 Å². The minimum absolute atomic E-state index is 0.974. The van der Waals surface area contributed by atoms with Gasteiger partial charge in [0, 0.05) is 22.1 Å². The Bertz CT molecular complexity index is 1450. The van der Waals surface area contributed by atoms with Gasteiger partial charge in [-0.15, -0.1) is 0 Å². The summed E-state index contributed by atoms with van der Waals surface area (Å²) in [6, 6.07) is 9.24. The van der Waals surface area contributed by atoms with Gasteiger partial charge in [0.25, 0.3) is 15.4 Å². The van der Waals surface area contributed by atoms with E-state index in [1.54, 1.807) is 0 Å². The van der Waals surface area contributed by atoms with Crippen LogP contribution in [0, 0.1) is 0 Å². The molecule has 0 aromatic carbocycles. The van der Waals surface area contributed by atoms with Gasteiger partial charge in [0.1, 0.15) is 0 Å². The molecule has 0 amide bonds. The number of halogens is 1. The molecule has 2 radical (unpaired) electrons. The second-order valence-corrected chi connectivity index (χ2v) is 10.9. The van der Waals surface area contributed by atoms with E-state index in [0.717, 1.165) is 74.1 Å². The summed E-state index contributed by atoms with van der Waals surface area (Å²) in [6.45, 7) is 18.1. The Morgan fingerprint density at radius 3 is 0.810 bits per heavy atom. The van der Waals surface area contributed by atoms with Crippen LogP contribution in [0.4, 0.5) is 0 Å². The van der Waals surface area contributed by atoms with Crippen LogP contribution < -0.4 is 0 Å².